The third-order valence-corrected chi connectivity index (χ3v) is 2.20. The van der Waals surface area contributed by atoms with Crippen LogP contribution in [-0.4, -0.2) is 24.8 Å². The summed E-state index contributed by atoms with van der Waals surface area (Å²) in [5, 5.41) is 12.1. The number of nitrogens with two attached hydrogens (primary N) is 1. The van der Waals surface area contributed by atoms with E-state index >= 15 is 0 Å². The maximum atomic E-state index is 5.46. The van der Waals surface area contributed by atoms with E-state index in [-0.39, 0.29) is 0 Å². The predicted octanol–water partition coefficient (Wildman–Crippen LogP) is -0.0495. The Morgan fingerprint density at radius 2 is 2.14 bits per heavy atom. The Morgan fingerprint density at radius 1 is 1.36 bits per heavy atom. The second-order valence-electron chi connectivity index (χ2n) is 3.18. The van der Waals surface area contributed by atoms with Crippen LogP contribution in [0.5, 0.6) is 0 Å². The largest absolute Gasteiger partial charge is 0.381 e. The average molecular weight is 192 g/mol. The van der Waals surface area contributed by atoms with E-state index in [0.717, 1.165) is 11.3 Å². The lowest BCUT2D eigenvalue weighted by molar-refractivity contribution is 0.590. The number of nitrogens with zero attached hydrogens (tertiary/aromatic N) is 5. The first-order chi connectivity index (χ1) is 6.66. The van der Waals surface area contributed by atoms with Crippen LogP contribution < -0.4 is 5.73 Å². The van der Waals surface area contributed by atoms with E-state index in [4.69, 9.17) is 5.73 Å². The molecule has 14 heavy (non-hydrogen) atoms. The zero-order valence-electron chi connectivity index (χ0n) is 8.18. The van der Waals surface area contributed by atoms with Gasteiger partial charge in [-0.1, -0.05) is 0 Å². The van der Waals surface area contributed by atoms with E-state index in [1.165, 1.54) is 6.20 Å². The molecule has 0 spiro atoms. The minimum absolute atomic E-state index is 0.437. The standard InChI is InChI=1S/C8H12N6/c1-6-7(3-10-13(6)2)5-14-11-4-8(9)12-14/h3-4H,5H2,1-2H3,(H2,9,12). The molecule has 0 aliphatic rings. The Balaban J connectivity index is 2.22. The smallest absolute Gasteiger partial charge is 0.165 e. The fourth-order valence-corrected chi connectivity index (χ4v) is 1.24. The first kappa shape index (κ1) is 8.74. The normalized spacial score (nSPS) is 10.7. The second kappa shape index (κ2) is 3.13. The van der Waals surface area contributed by atoms with Gasteiger partial charge in [0.25, 0.3) is 0 Å². The molecule has 0 saturated heterocycles. The van der Waals surface area contributed by atoms with Gasteiger partial charge in [0.1, 0.15) is 0 Å². The Morgan fingerprint density at radius 3 is 2.64 bits per heavy atom. The van der Waals surface area contributed by atoms with Crippen LogP contribution in [0.2, 0.25) is 0 Å². The van der Waals surface area contributed by atoms with Gasteiger partial charge < -0.3 is 5.73 Å². The maximum Gasteiger partial charge on any atom is 0.165 e. The van der Waals surface area contributed by atoms with E-state index in [9.17, 15) is 0 Å². The van der Waals surface area contributed by atoms with Crippen molar-refractivity contribution in [3.63, 3.8) is 0 Å². The van der Waals surface area contributed by atoms with Crippen molar-refractivity contribution in [3.05, 3.63) is 23.7 Å². The molecule has 0 aliphatic carbocycles. The third kappa shape index (κ3) is 1.46. The van der Waals surface area contributed by atoms with Crippen molar-refractivity contribution in [2.45, 2.75) is 13.5 Å². The molecule has 0 bridgehead atoms. The molecule has 2 heterocycles. The van der Waals surface area contributed by atoms with Crippen LogP contribution in [-0.2, 0) is 13.6 Å². The first-order valence-corrected chi connectivity index (χ1v) is 4.30. The monoisotopic (exact) mass is 192 g/mol. The molecule has 0 unspecified atom stereocenters. The molecular weight excluding hydrogens is 180 g/mol. The van der Waals surface area contributed by atoms with E-state index < -0.39 is 0 Å². The van der Waals surface area contributed by atoms with Gasteiger partial charge in [-0.3, -0.25) is 4.68 Å². The Hall–Kier alpha value is -1.85. The van der Waals surface area contributed by atoms with Crippen molar-refractivity contribution in [1.29, 1.82) is 0 Å². The molecule has 2 N–H and O–H groups in total. The molecule has 0 radical (unpaired) electrons. The minimum Gasteiger partial charge on any atom is -0.381 e. The zero-order valence-corrected chi connectivity index (χ0v) is 8.18. The summed E-state index contributed by atoms with van der Waals surface area (Å²) in [6.45, 7) is 2.62. The molecule has 0 amide bonds. The number of aromatic nitrogens is 5. The summed E-state index contributed by atoms with van der Waals surface area (Å²) in [5.74, 6) is 0.437. The van der Waals surface area contributed by atoms with Gasteiger partial charge >= 0.3 is 0 Å². The molecule has 74 valence electrons. The molecule has 6 heteroatoms. The van der Waals surface area contributed by atoms with Crippen molar-refractivity contribution >= 4 is 5.82 Å². The van der Waals surface area contributed by atoms with E-state index in [2.05, 4.69) is 15.3 Å². The van der Waals surface area contributed by atoms with Crippen LogP contribution >= 0.6 is 0 Å². The van der Waals surface area contributed by atoms with Gasteiger partial charge in [0, 0.05) is 18.3 Å². The van der Waals surface area contributed by atoms with Crippen LogP contribution in [0.25, 0.3) is 0 Å². The zero-order chi connectivity index (χ0) is 10.1. The summed E-state index contributed by atoms with van der Waals surface area (Å²) < 4.78 is 1.82. The quantitative estimate of drug-likeness (QED) is 0.724. The predicted molar refractivity (Wildman–Crippen MR) is 51.5 cm³/mol. The number of hydrogen-bond acceptors (Lipinski definition) is 4. The van der Waals surface area contributed by atoms with Crippen LogP contribution in [0.4, 0.5) is 5.82 Å². The van der Waals surface area contributed by atoms with Crippen LogP contribution in [0.1, 0.15) is 11.3 Å². The molecule has 0 fully saturated rings. The van der Waals surface area contributed by atoms with Crippen LogP contribution in [0, 0.1) is 6.92 Å². The van der Waals surface area contributed by atoms with Gasteiger partial charge in [0.15, 0.2) is 5.82 Å². The van der Waals surface area contributed by atoms with Gasteiger partial charge in [-0.15, -0.1) is 5.10 Å². The number of rotatable bonds is 2. The summed E-state index contributed by atoms with van der Waals surface area (Å²) in [6.07, 6.45) is 3.35. The maximum absolute atomic E-state index is 5.46. The highest BCUT2D eigenvalue weighted by molar-refractivity contribution is 5.20. The van der Waals surface area contributed by atoms with E-state index in [0.29, 0.717) is 12.4 Å². The SMILES string of the molecule is Cc1c(Cn2ncc(N)n2)cnn1C. The van der Waals surface area contributed by atoms with Gasteiger partial charge in [-0.2, -0.15) is 15.0 Å². The minimum atomic E-state index is 0.437. The first-order valence-electron chi connectivity index (χ1n) is 4.30. The lowest BCUT2D eigenvalue weighted by Gasteiger charge is -1.99. The molecule has 6 nitrogen and oxygen atoms in total. The Labute approximate surface area is 81.3 Å². The number of hydrogen-bond donors (Lipinski definition) is 1. The summed E-state index contributed by atoms with van der Waals surface area (Å²) in [4.78, 5) is 1.55. The van der Waals surface area contributed by atoms with E-state index in [1.54, 1.807) is 4.80 Å². The van der Waals surface area contributed by atoms with Crippen molar-refractivity contribution in [2.75, 3.05) is 5.73 Å². The number of aryl methyl sites for hydroxylation is 1. The molecule has 0 aliphatic heterocycles. The van der Waals surface area contributed by atoms with Crippen molar-refractivity contribution in [1.82, 2.24) is 24.8 Å². The molecule has 2 aromatic rings. The summed E-state index contributed by atoms with van der Waals surface area (Å²) in [6, 6.07) is 0. The highest BCUT2D eigenvalue weighted by Crippen LogP contribution is 2.06. The van der Waals surface area contributed by atoms with Crippen molar-refractivity contribution in [2.24, 2.45) is 7.05 Å². The summed E-state index contributed by atoms with van der Waals surface area (Å²) in [7, 11) is 1.91. The van der Waals surface area contributed by atoms with Gasteiger partial charge in [-0.25, -0.2) is 0 Å². The molecule has 0 aromatic carbocycles. The van der Waals surface area contributed by atoms with Crippen molar-refractivity contribution in [3.8, 4) is 0 Å². The van der Waals surface area contributed by atoms with Crippen LogP contribution in [0.3, 0.4) is 0 Å². The third-order valence-electron chi connectivity index (χ3n) is 2.20. The van der Waals surface area contributed by atoms with Crippen LogP contribution in [0.15, 0.2) is 12.4 Å². The summed E-state index contributed by atoms with van der Waals surface area (Å²) >= 11 is 0. The number of nitrogen functional groups attached to an aromatic ring is 1. The fourth-order valence-electron chi connectivity index (χ4n) is 1.24. The molecular formula is C8H12N6. The average Bonchev–Trinajstić information content (AvgIpc) is 2.67. The Bertz CT molecular complexity index is 440. The second-order valence-corrected chi connectivity index (χ2v) is 3.18. The van der Waals surface area contributed by atoms with Gasteiger partial charge in [-0.05, 0) is 6.92 Å². The highest BCUT2D eigenvalue weighted by Gasteiger charge is 2.05. The van der Waals surface area contributed by atoms with Gasteiger partial charge in [0.05, 0.1) is 18.9 Å². The lowest BCUT2D eigenvalue weighted by atomic mass is 10.3. The summed E-state index contributed by atoms with van der Waals surface area (Å²) in [5.41, 5.74) is 7.67. The number of anilines is 1. The highest BCUT2D eigenvalue weighted by atomic mass is 15.5. The van der Waals surface area contributed by atoms with Crippen molar-refractivity contribution < 1.29 is 0 Å². The lowest BCUT2D eigenvalue weighted by Crippen LogP contribution is -2.05. The fraction of sp³-hybridized carbons (Fsp3) is 0.375. The molecule has 2 rings (SSSR count). The van der Waals surface area contributed by atoms with Gasteiger partial charge in [0.2, 0.25) is 0 Å². The molecule has 2 aromatic heterocycles. The topological polar surface area (TPSA) is 74.6 Å². The van der Waals surface area contributed by atoms with E-state index in [1.807, 2.05) is 24.9 Å². The molecule has 0 saturated carbocycles. The molecule has 0 atom stereocenters. The Kier molecular flexibility index (Phi) is 1.95.